The summed E-state index contributed by atoms with van der Waals surface area (Å²) in [6.07, 6.45) is 1.31. The van der Waals surface area contributed by atoms with Gasteiger partial charge >= 0.3 is 10.1 Å². The number of benzene rings is 3. The molecule has 0 bridgehead atoms. The second-order valence-electron chi connectivity index (χ2n) is 6.29. The fourth-order valence-electron chi connectivity index (χ4n) is 2.89. The summed E-state index contributed by atoms with van der Waals surface area (Å²) in [5.41, 5.74) is 0.753. The van der Waals surface area contributed by atoms with Gasteiger partial charge in [0.1, 0.15) is 22.5 Å². The third-order valence-electron chi connectivity index (χ3n) is 4.37. The third kappa shape index (κ3) is 3.65. The molecule has 0 amide bonds. The standard InChI is InChI=1S/C21H13NO7S/c23-21-18-11-8-16(12-20(18)28-13-19(21)14-4-2-1-3-5-14)29-30(26,27)17-9-6-15(7-10-17)22(24)25/h1-13H. The monoisotopic (exact) mass is 423 g/mol. The molecule has 0 saturated carbocycles. The molecule has 0 aliphatic carbocycles. The molecule has 8 nitrogen and oxygen atoms in total. The van der Waals surface area contributed by atoms with Crippen molar-refractivity contribution >= 4 is 26.8 Å². The maximum atomic E-state index is 12.8. The Kier molecular flexibility index (Phi) is 4.80. The summed E-state index contributed by atoms with van der Waals surface area (Å²) < 4.78 is 35.5. The minimum Gasteiger partial charge on any atom is -0.463 e. The van der Waals surface area contributed by atoms with Crippen molar-refractivity contribution in [1.82, 2.24) is 0 Å². The summed E-state index contributed by atoms with van der Waals surface area (Å²) in [7, 11) is -4.23. The Bertz CT molecular complexity index is 1410. The zero-order valence-corrected chi connectivity index (χ0v) is 16.0. The van der Waals surface area contributed by atoms with Gasteiger partial charge in [0.2, 0.25) is 0 Å². The second-order valence-corrected chi connectivity index (χ2v) is 7.84. The Labute approximate surface area is 170 Å². The van der Waals surface area contributed by atoms with Crippen molar-refractivity contribution < 1.29 is 21.9 Å². The van der Waals surface area contributed by atoms with Crippen LogP contribution in [0.1, 0.15) is 0 Å². The van der Waals surface area contributed by atoms with E-state index in [1.54, 1.807) is 24.3 Å². The fraction of sp³-hybridized carbons (Fsp3) is 0. The molecule has 0 radical (unpaired) electrons. The lowest BCUT2D eigenvalue weighted by Gasteiger charge is -2.08. The number of rotatable bonds is 5. The van der Waals surface area contributed by atoms with E-state index in [1.807, 2.05) is 6.07 Å². The molecule has 3 aromatic carbocycles. The van der Waals surface area contributed by atoms with Crippen molar-refractivity contribution in [2.24, 2.45) is 0 Å². The molecule has 0 fully saturated rings. The van der Waals surface area contributed by atoms with Gasteiger partial charge < -0.3 is 8.60 Å². The molecule has 0 unspecified atom stereocenters. The Hall–Kier alpha value is -3.98. The summed E-state index contributed by atoms with van der Waals surface area (Å²) in [6, 6.07) is 17.4. The molecule has 1 aromatic heterocycles. The van der Waals surface area contributed by atoms with Gasteiger partial charge in [0.25, 0.3) is 5.69 Å². The Morgan fingerprint density at radius 2 is 1.63 bits per heavy atom. The number of nitro groups is 1. The lowest BCUT2D eigenvalue weighted by atomic mass is 10.1. The number of nitrogens with zero attached hydrogens (tertiary/aromatic N) is 1. The Morgan fingerprint density at radius 3 is 2.30 bits per heavy atom. The van der Waals surface area contributed by atoms with Crippen LogP contribution in [0.25, 0.3) is 22.1 Å². The fourth-order valence-corrected chi connectivity index (χ4v) is 3.81. The van der Waals surface area contributed by atoms with Crippen molar-refractivity contribution in [2.45, 2.75) is 4.90 Å². The van der Waals surface area contributed by atoms with Crippen molar-refractivity contribution in [3.63, 3.8) is 0 Å². The van der Waals surface area contributed by atoms with Gasteiger partial charge in [-0.1, -0.05) is 30.3 Å². The number of hydrogen-bond acceptors (Lipinski definition) is 7. The van der Waals surface area contributed by atoms with Gasteiger partial charge in [-0.25, -0.2) is 0 Å². The molecule has 0 spiro atoms. The van der Waals surface area contributed by atoms with Crippen LogP contribution < -0.4 is 9.61 Å². The first kappa shape index (κ1) is 19.3. The van der Waals surface area contributed by atoms with Gasteiger partial charge in [0.15, 0.2) is 5.43 Å². The first-order valence-electron chi connectivity index (χ1n) is 8.65. The third-order valence-corrected chi connectivity index (χ3v) is 5.63. The molecular weight excluding hydrogens is 410 g/mol. The van der Waals surface area contributed by atoms with E-state index in [4.69, 9.17) is 8.60 Å². The van der Waals surface area contributed by atoms with E-state index in [0.717, 1.165) is 24.3 Å². The summed E-state index contributed by atoms with van der Waals surface area (Å²) >= 11 is 0. The Morgan fingerprint density at radius 1 is 0.933 bits per heavy atom. The van der Waals surface area contributed by atoms with Crippen molar-refractivity contribution in [3.8, 4) is 16.9 Å². The predicted molar refractivity (Wildman–Crippen MR) is 109 cm³/mol. The maximum absolute atomic E-state index is 12.8. The van der Waals surface area contributed by atoms with Gasteiger partial charge in [-0.2, -0.15) is 8.42 Å². The number of hydrogen-bond donors (Lipinski definition) is 0. The van der Waals surface area contributed by atoms with Gasteiger partial charge in [-0.3, -0.25) is 14.9 Å². The molecule has 0 N–H and O–H groups in total. The highest BCUT2D eigenvalue weighted by Crippen LogP contribution is 2.26. The van der Waals surface area contributed by atoms with E-state index in [9.17, 15) is 23.3 Å². The van der Waals surface area contributed by atoms with Gasteiger partial charge in [-0.15, -0.1) is 0 Å². The lowest BCUT2D eigenvalue weighted by Crippen LogP contribution is -2.10. The molecular formula is C21H13NO7S. The molecule has 9 heteroatoms. The van der Waals surface area contributed by atoms with E-state index >= 15 is 0 Å². The van der Waals surface area contributed by atoms with Crippen LogP contribution >= 0.6 is 0 Å². The molecule has 4 aromatic rings. The second kappa shape index (κ2) is 7.45. The van der Waals surface area contributed by atoms with E-state index in [-0.39, 0.29) is 32.7 Å². The van der Waals surface area contributed by atoms with E-state index in [0.29, 0.717) is 11.1 Å². The van der Waals surface area contributed by atoms with Crippen LogP contribution in [0.15, 0.2) is 93.2 Å². The predicted octanol–water partition coefficient (Wildman–Crippen LogP) is 4.14. The van der Waals surface area contributed by atoms with Crippen LogP contribution in [-0.2, 0) is 10.1 Å². The quantitative estimate of drug-likeness (QED) is 0.269. The minimum atomic E-state index is -4.23. The van der Waals surface area contributed by atoms with E-state index in [1.165, 1.54) is 24.5 Å². The number of fused-ring (bicyclic) bond motifs is 1. The first-order valence-corrected chi connectivity index (χ1v) is 10.1. The van der Waals surface area contributed by atoms with Crippen molar-refractivity contribution in [1.29, 1.82) is 0 Å². The summed E-state index contributed by atoms with van der Waals surface area (Å²) in [5.74, 6) is -0.0588. The van der Waals surface area contributed by atoms with Crippen molar-refractivity contribution in [3.05, 3.63) is 99.4 Å². The molecule has 0 aliphatic heterocycles. The van der Waals surface area contributed by atoms with E-state index in [2.05, 4.69) is 0 Å². The SMILES string of the molecule is O=c1c(-c2ccccc2)coc2cc(OS(=O)(=O)c3ccc([N+](=O)[O-])cc3)ccc12. The maximum Gasteiger partial charge on any atom is 0.339 e. The molecule has 30 heavy (non-hydrogen) atoms. The van der Waals surface area contributed by atoms with Gasteiger partial charge in [0.05, 0.1) is 15.9 Å². The largest absolute Gasteiger partial charge is 0.463 e. The summed E-state index contributed by atoms with van der Waals surface area (Å²) in [6.45, 7) is 0. The van der Waals surface area contributed by atoms with Gasteiger partial charge in [-0.05, 0) is 29.8 Å². The molecule has 0 atom stereocenters. The highest BCUT2D eigenvalue weighted by molar-refractivity contribution is 7.87. The van der Waals surface area contributed by atoms with Crippen LogP contribution in [0.3, 0.4) is 0 Å². The smallest absolute Gasteiger partial charge is 0.339 e. The highest BCUT2D eigenvalue weighted by atomic mass is 32.2. The van der Waals surface area contributed by atoms with E-state index < -0.39 is 15.0 Å². The molecule has 4 rings (SSSR count). The number of nitro benzene ring substituents is 1. The first-order chi connectivity index (χ1) is 14.3. The summed E-state index contributed by atoms with van der Waals surface area (Å²) in [4.78, 5) is 22.6. The number of non-ortho nitro benzene ring substituents is 1. The highest BCUT2D eigenvalue weighted by Gasteiger charge is 2.19. The normalized spacial score (nSPS) is 11.3. The zero-order valence-electron chi connectivity index (χ0n) is 15.2. The van der Waals surface area contributed by atoms with Crippen LogP contribution in [-0.4, -0.2) is 13.3 Å². The van der Waals surface area contributed by atoms with Crippen molar-refractivity contribution in [2.75, 3.05) is 0 Å². The van der Waals surface area contributed by atoms with Gasteiger partial charge in [0, 0.05) is 18.2 Å². The molecule has 0 saturated heterocycles. The summed E-state index contributed by atoms with van der Waals surface area (Å²) in [5, 5.41) is 11.0. The van der Waals surface area contributed by atoms with Crippen LogP contribution in [0.4, 0.5) is 5.69 Å². The molecule has 150 valence electrons. The topological polar surface area (TPSA) is 117 Å². The molecule has 1 heterocycles. The Balaban J connectivity index is 1.67. The van der Waals surface area contributed by atoms with Crippen LogP contribution in [0.5, 0.6) is 5.75 Å². The van der Waals surface area contributed by atoms with Crippen LogP contribution in [0, 0.1) is 10.1 Å². The average molecular weight is 423 g/mol. The average Bonchev–Trinajstić information content (AvgIpc) is 2.74. The molecule has 0 aliphatic rings. The lowest BCUT2D eigenvalue weighted by molar-refractivity contribution is -0.384. The zero-order chi connectivity index (χ0) is 21.3. The minimum absolute atomic E-state index is 0.0588. The van der Waals surface area contributed by atoms with Crippen LogP contribution in [0.2, 0.25) is 0 Å².